The Morgan fingerprint density at radius 1 is 1.14 bits per heavy atom. The summed E-state index contributed by atoms with van der Waals surface area (Å²) in [5.74, 6) is 0. The van der Waals surface area contributed by atoms with Gasteiger partial charge in [-0.1, -0.05) is 45.9 Å². The quantitative estimate of drug-likeness (QED) is 0.518. The van der Waals surface area contributed by atoms with Gasteiger partial charge >= 0.3 is 0 Å². The zero-order valence-electron chi connectivity index (χ0n) is 15.9. The molecule has 1 aromatic carbocycles. The van der Waals surface area contributed by atoms with Crippen LogP contribution in [-0.2, 0) is 4.74 Å². The molecule has 1 aromatic heterocycles. The molecule has 0 fully saturated rings. The fraction of sp³-hybridized carbons (Fsp3) is 0.273. The van der Waals surface area contributed by atoms with E-state index in [-0.39, 0.29) is 12.4 Å². The minimum absolute atomic E-state index is 0. The molecule has 0 saturated heterocycles. The topological polar surface area (TPSA) is 12.5 Å². The first-order chi connectivity index (χ1) is 13.1. The molecule has 2 aromatic rings. The van der Waals surface area contributed by atoms with Gasteiger partial charge in [0, 0.05) is 40.7 Å². The lowest BCUT2D eigenvalue weighted by atomic mass is 10.1. The van der Waals surface area contributed by atoms with Gasteiger partial charge < -0.3 is 9.64 Å². The summed E-state index contributed by atoms with van der Waals surface area (Å²) in [5, 5.41) is 2.68. The van der Waals surface area contributed by atoms with E-state index in [1.165, 1.54) is 35.2 Å². The second-order valence-electron chi connectivity index (χ2n) is 6.90. The predicted molar refractivity (Wildman–Crippen MR) is 131 cm³/mol. The first-order valence-electron chi connectivity index (χ1n) is 9.04. The third-order valence-electron chi connectivity index (χ3n) is 4.51. The molecule has 2 nitrogen and oxygen atoms in total. The summed E-state index contributed by atoms with van der Waals surface area (Å²) in [6.07, 6.45) is 12.1. The third-order valence-corrected chi connectivity index (χ3v) is 7.30. The van der Waals surface area contributed by atoms with Gasteiger partial charge in [0.25, 0.3) is 0 Å². The minimum Gasteiger partial charge on any atom is -0.376 e. The van der Waals surface area contributed by atoms with Gasteiger partial charge in [-0.2, -0.15) is 0 Å². The maximum atomic E-state index is 5.92. The predicted octanol–water partition coefficient (Wildman–Crippen LogP) is 5.07. The maximum absolute atomic E-state index is 5.92. The lowest BCUT2D eigenvalue weighted by Gasteiger charge is -2.16. The number of thiophene rings is 1. The van der Waals surface area contributed by atoms with Gasteiger partial charge in [-0.3, -0.25) is 0 Å². The van der Waals surface area contributed by atoms with Crippen LogP contribution in [0.2, 0.25) is 0 Å². The molecule has 0 atom stereocenters. The zero-order valence-corrected chi connectivity index (χ0v) is 19.9. The Hall–Kier alpha value is -0.820. The third kappa shape index (κ3) is 4.84. The molecule has 2 heterocycles. The number of benzene rings is 1. The summed E-state index contributed by atoms with van der Waals surface area (Å²) in [6, 6.07) is 6.57. The fourth-order valence-electron chi connectivity index (χ4n) is 3.22. The molecule has 0 spiro atoms. The number of halogens is 2. The molecule has 0 saturated carbocycles. The Balaban J connectivity index is 0.00000225. The van der Waals surface area contributed by atoms with E-state index < -0.39 is 0 Å². The van der Waals surface area contributed by atoms with Crippen molar-refractivity contribution in [3.63, 3.8) is 0 Å². The van der Waals surface area contributed by atoms with Crippen molar-refractivity contribution in [3.05, 3.63) is 67.2 Å². The molecule has 28 heavy (non-hydrogen) atoms. The van der Waals surface area contributed by atoms with E-state index in [0.717, 1.165) is 24.0 Å². The highest BCUT2D eigenvalue weighted by Gasteiger charge is 2.17. The van der Waals surface area contributed by atoms with Gasteiger partial charge in [0.05, 0.1) is 6.61 Å². The molecule has 0 unspecified atom stereocenters. The Morgan fingerprint density at radius 2 is 2.00 bits per heavy atom. The highest BCUT2D eigenvalue weighted by Crippen LogP contribution is 2.37. The highest BCUT2D eigenvalue weighted by molar-refractivity contribution is 9.10. The number of hydrogen-bond acceptors (Lipinski definition) is 4. The van der Waals surface area contributed by atoms with Crippen LogP contribution in [0.15, 0.2) is 57.5 Å². The second kappa shape index (κ2) is 9.79. The van der Waals surface area contributed by atoms with Crippen molar-refractivity contribution < 1.29 is 4.74 Å². The molecule has 4 rings (SSSR count). The molecule has 2 aliphatic rings. The summed E-state index contributed by atoms with van der Waals surface area (Å²) >= 11 is 7.35. The molecule has 148 valence electrons. The summed E-state index contributed by atoms with van der Waals surface area (Å²) in [5.41, 5.74) is 1.28. The number of ether oxygens (including phenoxy) is 1. The number of allylic oxidation sites excluding steroid dienone is 4. The molecule has 1 aliphatic heterocycles. The standard InChI is InChI=1S/C22H22BrNOS2.ClH/c1-24(2)11-4-12-25-14-17-9-7-15-5-3-6-20-21(22(15)26-17)18-13-16(23)8-10-19(18)27-20;/h3,5-10,13H,4,11-12,14H2,1-2H3;1H. The molecule has 0 amide bonds. The average molecular weight is 497 g/mol. The van der Waals surface area contributed by atoms with Gasteiger partial charge in [0.2, 0.25) is 0 Å². The molecule has 0 N–H and O–H groups in total. The minimum atomic E-state index is 0. The van der Waals surface area contributed by atoms with Crippen LogP contribution in [0.1, 0.15) is 6.42 Å². The normalized spacial score (nSPS) is 15.4. The SMILES string of the molecule is CN(C)CCCOCC1=CC=C2C=CC=c3sc4ccc(Br)cc4c3=C2S1.Cl. The maximum Gasteiger partial charge on any atom is 0.0779 e. The van der Waals surface area contributed by atoms with Gasteiger partial charge in [0.1, 0.15) is 0 Å². The van der Waals surface area contributed by atoms with Crippen LogP contribution in [0.25, 0.3) is 21.1 Å². The van der Waals surface area contributed by atoms with Crippen LogP contribution < -0.4 is 9.75 Å². The van der Waals surface area contributed by atoms with Crippen LogP contribution in [0.3, 0.4) is 0 Å². The summed E-state index contributed by atoms with van der Waals surface area (Å²) in [4.78, 5) is 4.81. The molecule has 1 aliphatic carbocycles. The number of rotatable bonds is 6. The van der Waals surface area contributed by atoms with Crippen molar-refractivity contribution in [2.75, 3.05) is 33.9 Å². The molecular weight excluding hydrogens is 474 g/mol. The molecule has 6 heteroatoms. The summed E-state index contributed by atoms with van der Waals surface area (Å²) < 4.78 is 9.71. The number of hydrogen-bond donors (Lipinski definition) is 0. The van der Waals surface area contributed by atoms with Gasteiger partial charge in [-0.25, -0.2) is 0 Å². The van der Waals surface area contributed by atoms with E-state index >= 15 is 0 Å². The lowest BCUT2D eigenvalue weighted by Crippen LogP contribution is -2.21. The van der Waals surface area contributed by atoms with Gasteiger partial charge in [-0.15, -0.1) is 23.7 Å². The van der Waals surface area contributed by atoms with E-state index in [0.29, 0.717) is 6.61 Å². The van der Waals surface area contributed by atoms with Crippen molar-refractivity contribution in [3.8, 4) is 0 Å². The smallest absolute Gasteiger partial charge is 0.0779 e. The van der Waals surface area contributed by atoms with Crippen LogP contribution in [0, 0.1) is 0 Å². The monoisotopic (exact) mass is 495 g/mol. The van der Waals surface area contributed by atoms with E-state index in [4.69, 9.17) is 4.74 Å². The Labute approximate surface area is 188 Å². The van der Waals surface area contributed by atoms with Crippen molar-refractivity contribution >= 4 is 72.5 Å². The molecule has 0 radical (unpaired) electrons. The van der Waals surface area contributed by atoms with Crippen LogP contribution in [-0.4, -0.2) is 38.8 Å². The highest BCUT2D eigenvalue weighted by atomic mass is 79.9. The van der Waals surface area contributed by atoms with E-state index in [1.54, 1.807) is 0 Å². The molecule has 0 bridgehead atoms. The van der Waals surface area contributed by atoms with Crippen LogP contribution >= 0.6 is 51.4 Å². The van der Waals surface area contributed by atoms with Gasteiger partial charge in [0.15, 0.2) is 0 Å². The fourth-order valence-corrected chi connectivity index (χ4v) is 5.87. The largest absolute Gasteiger partial charge is 0.376 e. The van der Waals surface area contributed by atoms with Crippen molar-refractivity contribution in [2.45, 2.75) is 6.42 Å². The number of thioether (sulfide) groups is 1. The van der Waals surface area contributed by atoms with E-state index in [2.05, 4.69) is 83.5 Å². The molecular formula is C22H23BrClNOS2. The number of nitrogens with zero attached hydrogens (tertiary/aromatic N) is 1. The summed E-state index contributed by atoms with van der Waals surface area (Å²) in [7, 11) is 4.19. The van der Waals surface area contributed by atoms with E-state index in [1.807, 2.05) is 23.1 Å². The van der Waals surface area contributed by atoms with Crippen molar-refractivity contribution in [2.24, 2.45) is 0 Å². The number of fused-ring (bicyclic) bond motifs is 4. The second-order valence-corrected chi connectivity index (χ2v) is 10.0. The Morgan fingerprint density at radius 3 is 2.82 bits per heavy atom. The Kier molecular flexibility index (Phi) is 7.65. The zero-order chi connectivity index (χ0) is 18.8. The first-order valence-corrected chi connectivity index (χ1v) is 11.5. The Bertz CT molecular complexity index is 1080. The van der Waals surface area contributed by atoms with Crippen LogP contribution in [0.4, 0.5) is 0 Å². The van der Waals surface area contributed by atoms with Crippen molar-refractivity contribution in [1.29, 1.82) is 0 Å². The van der Waals surface area contributed by atoms with Crippen LogP contribution in [0.5, 0.6) is 0 Å². The first kappa shape index (κ1) is 21.9. The average Bonchev–Trinajstić information content (AvgIpc) is 2.89. The van der Waals surface area contributed by atoms with E-state index in [9.17, 15) is 0 Å². The summed E-state index contributed by atoms with van der Waals surface area (Å²) in [6.45, 7) is 2.54. The lowest BCUT2D eigenvalue weighted by molar-refractivity contribution is 0.150. The van der Waals surface area contributed by atoms with Crippen molar-refractivity contribution in [1.82, 2.24) is 4.90 Å². The van der Waals surface area contributed by atoms with Gasteiger partial charge in [-0.05, 0) is 63.0 Å².